The van der Waals surface area contributed by atoms with Gasteiger partial charge in [0.25, 0.3) is 0 Å². The summed E-state index contributed by atoms with van der Waals surface area (Å²) in [5.41, 5.74) is 0.0642. The molecule has 2 heterocycles. The molecular weight excluding hydrogens is 318 g/mol. The van der Waals surface area contributed by atoms with Crippen molar-refractivity contribution in [3.05, 3.63) is 54.0 Å². The van der Waals surface area contributed by atoms with Gasteiger partial charge in [-0.15, -0.1) is 0 Å². The van der Waals surface area contributed by atoms with Gasteiger partial charge in [-0.1, -0.05) is 0 Å². The highest BCUT2D eigenvalue weighted by molar-refractivity contribution is 5.89. The molecule has 24 heavy (non-hydrogen) atoms. The molecule has 1 fully saturated rings. The average molecular weight is 336 g/mol. The molecule has 1 N–H and O–H groups in total. The molecule has 0 saturated carbocycles. The topological polar surface area (TPSA) is 54.7 Å². The maximum absolute atomic E-state index is 13.3. The molecule has 128 valence electrons. The molecule has 0 aliphatic carbocycles. The Labute approximate surface area is 138 Å². The second-order valence-electron chi connectivity index (χ2n) is 5.68. The van der Waals surface area contributed by atoms with Crippen molar-refractivity contribution >= 4 is 11.7 Å². The van der Waals surface area contributed by atoms with Crippen molar-refractivity contribution in [3.8, 4) is 0 Å². The Balaban J connectivity index is 1.71. The van der Waals surface area contributed by atoms with Crippen molar-refractivity contribution in [2.75, 3.05) is 18.5 Å². The van der Waals surface area contributed by atoms with Crippen molar-refractivity contribution in [3.63, 3.8) is 0 Å². The maximum atomic E-state index is 13.3. The summed E-state index contributed by atoms with van der Waals surface area (Å²) in [6.07, 6.45) is 3.31. The van der Waals surface area contributed by atoms with Crippen LogP contribution in [0.3, 0.4) is 0 Å². The Morgan fingerprint density at radius 2 is 2.08 bits per heavy atom. The van der Waals surface area contributed by atoms with E-state index in [-0.39, 0.29) is 18.3 Å². The number of nitrogens with one attached hydrogen (secondary N) is 1. The summed E-state index contributed by atoms with van der Waals surface area (Å²) in [4.78, 5) is 14.0. The molecule has 7 heteroatoms. The van der Waals surface area contributed by atoms with Gasteiger partial charge in [0.15, 0.2) is 0 Å². The molecule has 1 aliphatic rings. The van der Waals surface area contributed by atoms with Gasteiger partial charge in [0.05, 0.1) is 18.9 Å². The smallest absolute Gasteiger partial charge is 0.322 e. The third-order valence-electron chi connectivity index (χ3n) is 3.78. The van der Waals surface area contributed by atoms with Gasteiger partial charge in [-0.3, -0.25) is 0 Å². The van der Waals surface area contributed by atoms with Gasteiger partial charge >= 0.3 is 6.03 Å². The second kappa shape index (κ2) is 7.44. The van der Waals surface area contributed by atoms with Crippen LogP contribution in [0.5, 0.6) is 0 Å². The summed E-state index contributed by atoms with van der Waals surface area (Å²) >= 11 is 0. The molecule has 1 aromatic heterocycles. The molecule has 1 atom stereocenters. The third kappa shape index (κ3) is 4.32. The molecule has 1 unspecified atom stereocenters. The van der Waals surface area contributed by atoms with Gasteiger partial charge in [-0.05, 0) is 37.1 Å². The van der Waals surface area contributed by atoms with Gasteiger partial charge in [0.2, 0.25) is 0 Å². The fourth-order valence-corrected chi connectivity index (χ4v) is 2.67. The van der Waals surface area contributed by atoms with Crippen LogP contribution in [0.2, 0.25) is 0 Å². The summed E-state index contributed by atoms with van der Waals surface area (Å²) in [5.74, 6) is -0.877. The Bertz CT molecular complexity index is 665. The van der Waals surface area contributed by atoms with E-state index in [2.05, 4.69) is 5.32 Å². The molecule has 0 spiro atoms. The van der Waals surface area contributed by atoms with Crippen molar-refractivity contribution in [1.29, 1.82) is 0 Å². The van der Waals surface area contributed by atoms with E-state index in [0.29, 0.717) is 18.9 Å². The zero-order valence-corrected chi connectivity index (χ0v) is 13.0. The van der Waals surface area contributed by atoms with Crippen LogP contribution in [0, 0.1) is 11.6 Å². The minimum Gasteiger partial charge on any atom is -0.467 e. The molecule has 2 amide bonds. The first-order valence-corrected chi connectivity index (χ1v) is 7.76. The van der Waals surface area contributed by atoms with Crippen LogP contribution in [0.1, 0.15) is 18.6 Å². The lowest BCUT2D eigenvalue weighted by Gasteiger charge is -2.25. The van der Waals surface area contributed by atoms with E-state index in [1.807, 2.05) is 0 Å². The monoisotopic (exact) mass is 336 g/mol. The number of rotatable bonds is 5. The predicted molar refractivity (Wildman–Crippen MR) is 83.5 cm³/mol. The van der Waals surface area contributed by atoms with Crippen LogP contribution >= 0.6 is 0 Å². The summed E-state index contributed by atoms with van der Waals surface area (Å²) in [5, 5.41) is 2.52. The maximum Gasteiger partial charge on any atom is 0.322 e. The fraction of sp³-hybridized carbons (Fsp3) is 0.353. The van der Waals surface area contributed by atoms with Crippen molar-refractivity contribution in [2.24, 2.45) is 0 Å². The third-order valence-corrected chi connectivity index (χ3v) is 3.78. The summed E-state index contributed by atoms with van der Waals surface area (Å²) < 4.78 is 37.4. The summed E-state index contributed by atoms with van der Waals surface area (Å²) in [7, 11) is 0. The first kappa shape index (κ1) is 16.4. The van der Waals surface area contributed by atoms with E-state index in [9.17, 15) is 13.6 Å². The van der Waals surface area contributed by atoms with Crippen molar-refractivity contribution in [1.82, 2.24) is 4.90 Å². The average Bonchev–Trinajstić information content (AvgIpc) is 3.19. The first-order chi connectivity index (χ1) is 11.6. The Hall–Kier alpha value is -2.41. The van der Waals surface area contributed by atoms with Gasteiger partial charge in [0, 0.05) is 24.9 Å². The normalized spacial score (nSPS) is 17.0. The SMILES string of the molecule is O=C(Nc1cc(F)cc(F)c1)N(Cc1ccco1)CC1CCCO1. The highest BCUT2D eigenvalue weighted by atomic mass is 19.1. The van der Waals surface area contributed by atoms with Gasteiger partial charge in [-0.2, -0.15) is 0 Å². The van der Waals surface area contributed by atoms with Crippen LogP contribution in [-0.4, -0.2) is 30.2 Å². The van der Waals surface area contributed by atoms with E-state index in [4.69, 9.17) is 9.15 Å². The number of carbonyl (C=O) groups excluding carboxylic acids is 1. The van der Waals surface area contributed by atoms with E-state index >= 15 is 0 Å². The molecule has 0 bridgehead atoms. The van der Waals surface area contributed by atoms with Gasteiger partial charge < -0.3 is 19.4 Å². The van der Waals surface area contributed by atoms with E-state index in [0.717, 1.165) is 31.0 Å². The van der Waals surface area contributed by atoms with E-state index < -0.39 is 17.7 Å². The highest BCUT2D eigenvalue weighted by Crippen LogP contribution is 2.18. The Morgan fingerprint density at radius 1 is 1.29 bits per heavy atom. The number of anilines is 1. The number of halogens is 2. The molecular formula is C17H18F2N2O3. The lowest BCUT2D eigenvalue weighted by Crippen LogP contribution is -2.39. The predicted octanol–water partition coefficient (Wildman–Crippen LogP) is 3.77. The summed E-state index contributed by atoms with van der Waals surface area (Å²) in [6, 6.07) is 5.92. The van der Waals surface area contributed by atoms with Crippen molar-refractivity contribution in [2.45, 2.75) is 25.5 Å². The van der Waals surface area contributed by atoms with Gasteiger partial charge in [0.1, 0.15) is 17.4 Å². The number of carbonyl (C=O) groups is 1. The molecule has 1 aromatic carbocycles. The zero-order chi connectivity index (χ0) is 16.9. The number of hydrogen-bond acceptors (Lipinski definition) is 3. The van der Waals surface area contributed by atoms with Crippen LogP contribution in [0.4, 0.5) is 19.3 Å². The Kier molecular flexibility index (Phi) is 5.10. The van der Waals surface area contributed by atoms with E-state index in [1.54, 1.807) is 12.1 Å². The van der Waals surface area contributed by atoms with Crippen LogP contribution < -0.4 is 5.32 Å². The lowest BCUT2D eigenvalue weighted by atomic mass is 10.2. The molecule has 2 aromatic rings. The number of furan rings is 1. The molecule has 0 radical (unpaired) electrons. The molecule has 5 nitrogen and oxygen atoms in total. The number of benzene rings is 1. The van der Waals surface area contributed by atoms with E-state index in [1.165, 1.54) is 11.2 Å². The largest absolute Gasteiger partial charge is 0.467 e. The van der Waals surface area contributed by atoms with Crippen molar-refractivity contribution < 1.29 is 22.7 Å². The number of urea groups is 1. The number of ether oxygens (including phenoxy) is 1. The molecule has 1 saturated heterocycles. The first-order valence-electron chi connectivity index (χ1n) is 7.76. The van der Waals surface area contributed by atoms with Crippen LogP contribution in [0.25, 0.3) is 0 Å². The minimum atomic E-state index is -0.748. The summed E-state index contributed by atoms with van der Waals surface area (Å²) in [6.45, 7) is 1.30. The fourth-order valence-electron chi connectivity index (χ4n) is 2.67. The standard InChI is InChI=1S/C17H18F2N2O3/c18-12-7-13(19)9-14(8-12)20-17(22)21(10-15-3-1-5-23-15)11-16-4-2-6-24-16/h1,3,5,7-9,16H,2,4,6,10-11H2,(H,20,22). The number of amides is 2. The van der Waals surface area contributed by atoms with Gasteiger partial charge in [-0.25, -0.2) is 13.6 Å². The minimum absolute atomic E-state index is 0.0463. The number of hydrogen-bond donors (Lipinski definition) is 1. The van der Waals surface area contributed by atoms with Crippen LogP contribution in [-0.2, 0) is 11.3 Å². The molecule has 1 aliphatic heterocycles. The Morgan fingerprint density at radius 3 is 2.71 bits per heavy atom. The highest BCUT2D eigenvalue weighted by Gasteiger charge is 2.23. The molecule has 3 rings (SSSR count). The second-order valence-corrected chi connectivity index (χ2v) is 5.68. The number of nitrogens with zero attached hydrogens (tertiary/aromatic N) is 1. The lowest BCUT2D eigenvalue weighted by molar-refractivity contribution is 0.0803. The van der Waals surface area contributed by atoms with Crippen LogP contribution in [0.15, 0.2) is 41.0 Å². The zero-order valence-electron chi connectivity index (χ0n) is 13.0. The quantitative estimate of drug-likeness (QED) is 0.904.